The van der Waals surface area contributed by atoms with Gasteiger partial charge in [0.05, 0.1) is 12.5 Å². The maximum absolute atomic E-state index is 5.89. The first kappa shape index (κ1) is 13.7. The van der Waals surface area contributed by atoms with Gasteiger partial charge in [-0.2, -0.15) is 0 Å². The van der Waals surface area contributed by atoms with E-state index in [9.17, 15) is 0 Å². The number of pyridine rings is 1. The molecule has 0 unspecified atom stereocenters. The van der Waals surface area contributed by atoms with Crippen LogP contribution in [0, 0.1) is 0 Å². The third-order valence-corrected chi connectivity index (χ3v) is 2.91. The van der Waals surface area contributed by atoms with Crippen LogP contribution in [0.3, 0.4) is 0 Å². The lowest BCUT2D eigenvalue weighted by Gasteiger charge is -2.20. The Hall–Kier alpha value is -0.320. The van der Waals surface area contributed by atoms with E-state index >= 15 is 0 Å². The largest absolute Gasteiger partial charge is 0.380 e. The topological polar surface area (TPSA) is 25.4 Å². The van der Waals surface area contributed by atoms with Crippen LogP contribution < -0.4 is 4.90 Å². The summed E-state index contributed by atoms with van der Waals surface area (Å²) in [5.41, 5.74) is 1.02. The first-order chi connectivity index (χ1) is 7.69. The maximum Gasteiger partial charge on any atom is 0.132 e. The van der Waals surface area contributed by atoms with Gasteiger partial charge in [-0.15, -0.1) is 11.6 Å². The minimum atomic E-state index is 0.459. The van der Waals surface area contributed by atoms with E-state index in [1.54, 1.807) is 6.20 Å². The van der Waals surface area contributed by atoms with Gasteiger partial charge in [0, 0.05) is 36.4 Å². The minimum Gasteiger partial charge on any atom is -0.380 e. The maximum atomic E-state index is 5.89. The molecule has 0 saturated heterocycles. The minimum absolute atomic E-state index is 0.459. The molecule has 3 nitrogen and oxygen atoms in total. The molecule has 5 heteroatoms. The number of likely N-dealkylation sites (N-methyl/N-ethyl adjacent to an activating group) is 1. The molecule has 0 spiro atoms. The molecule has 16 heavy (non-hydrogen) atoms. The molecule has 1 rings (SSSR count). The van der Waals surface area contributed by atoms with Crippen LogP contribution in [0.25, 0.3) is 0 Å². The summed E-state index contributed by atoms with van der Waals surface area (Å²) in [6.07, 6.45) is 1.78. The highest BCUT2D eigenvalue weighted by atomic mass is 79.9. The molecule has 1 aromatic rings. The molecule has 0 aromatic carbocycles. The molecule has 0 aliphatic heterocycles. The molecule has 0 bridgehead atoms. The smallest absolute Gasteiger partial charge is 0.132 e. The summed E-state index contributed by atoms with van der Waals surface area (Å²) < 4.78 is 6.26. The van der Waals surface area contributed by atoms with Crippen molar-refractivity contribution in [2.24, 2.45) is 0 Å². The Kier molecular flexibility index (Phi) is 6.09. The molecule has 0 aliphatic carbocycles. The molecular weight excluding hydrogens is 291 g/mol. The fourth-order valence-corrected chi connectivity index (χ4v) is 1.94. The van der Waals surface area contributed by atoms with Crippen molar-refractivity contribution < 1.29 is 4.74 Å². The Morgan fingerprint density at radius 1 is 1.56 bits per heavy atom. The second-order valence-electron chi connectivity index (χ2n) is 3.39. The van der Waals surface area contributed by atoms with E-state index in [-0.39, 0.29) is 0 Å². The molecule has 0 amide bonds. The van der Waals surface area contributed by atoms with Crippen LogP contribution in [0.15, 0.2) is 16.7 Å². The van der Waals surface area contributed by atoms with Crippen LogP contribution in [-0.4, -0.2) is 31.8 Å². The highest BCUT2D eigenvalue weighted by Crippen LogP contribution is 2.22. The van der Waals surface area contributed by atoms with E-state index in [1.165, 1.54) is 0 Å². The summed E-state index contributed by atoms with van der Waals surface area (Å²) in [6.45, 7) is 4.24. The van der Waals surface area contributed by atoms with Crippen molar-refractivity contribution in [1.82, 2.24) is 4.98 Å². The molecular formula is C11H16BrClN2O. The van der Waals surface area contributed by atoms with Gasteiger partial charge in [-0.25, -0.2) is 4.98 Å². The number of hydrogen-bond donors (Lipinski definition) is 0. The summed E-state index contributed by atoms with van der Waals surface area (Å²) in [6, 6.07) is 1.99. The Labute approximate surface area is 110 Å². The van der Waals surface area contributed by atoms with Crippen LogP contribution in [0.5, 0.6) is 0 Å². The van der Waals surface area contributed by atoms with Gasteiger partial charge in [0.1, 0.15) is 5.82 Å². The molecule has 0 N–H and O–H groups in total. The van der Waals surface area contributed by atoms with Crippen LogP contribution in [-0.2, 0) is 10.6 Å². The lowest BCUT2D eigenvalue weighted by atomic mass is 10.3. The number of ether oxygens (including phenoxy) is 1. The number of alkyl halides is 1. The zero-order chi connectivity index (χ0) is 12.0. The van der Waals surface area contributed by atoms with Gasteiger partial charge in [0.25, 0.3) is 0 Å². The van der Waals surface area contributed by atoms with Crippen molar-refractivity contribution in [1.29, 1.82) is 0 Å². The molecule has 0 aliphatic rings. The van der Waals surface area contributed by atoms with Crippen molar-refractivity contribution in [3.63, 3.8) is 0 Å². The molecule has 0 fully saturated rings. The van der Waals surface area contributed by atoms with Gasteiger partial charge in [-0.1, -0.05) is 0 Å². The quantitative estimate of drug-likeness (QED) is 0.596. The van der Waals surface area contributed by atoms with E-state index in [0.717, 1.165) is 29.0 Å². The number of hydrogen-bond acceptors (Lipinski definition) is 3. The fourth-order valence-electron chi connectivity index (χ4n) is 1.37. The van der Waals surface area contributed by atoms with Crippen LogP contribution in [0.2, 0.25) is 0 Å². The van der Waals surface area contributed by atoms with Crippen molar-refractivity contribution >= 4 is 33.3 Å². The van der Waals surface area contributed by atoms with Gasteiger partial charge in [0.15, 0.2) is 0 Å². The van der Waals surface area contributed by atoms with Crippen molar-refractivity contribution in [2.45, 2.75) is 12.8 Å². The van der Waals surface area contributed by atoms with Gasteiger partial charge >= 0.3 is 0 Å². The summed E-state index contributed by atoms with van der Waals surface area (Å²) in [4.78, 5) is 6.42. The van der Waals surface area contributed by atoms with Gasteiger partial charge in [-0.05, 0) is 28.9 Å². The molecule has 0 atom stereocenters. The van der Waals surface area contributed by atoms with E-state index in [4.69, 9.17) is 16.3 Å². The number of aromatic nitrogens is 1. The first-order valence-electron chi connectivity index (χ1n) is 5.18. The van der Waals surface area contributed by atoms with Crippen molar-refractivity contribution in [2.75, 3.05) is 31.7 Å². The number of rotatable bonds is 6. The lowest BCUT2D eigenvalue weighted by Crippen LogP contribution is -2.24. The van der Waals surface area contributed by atoms with E-state index < -0.39 is 0 Å². The monoisotopic (exact) mass is 306 g/mol. The summed E-state index contributed by atoms with van der Waals surface area (Å²) in [5.74, 6) is 1.37. The van der Waals surface area contributed by atoms with Crippen LogP contribution in [0.1, 0.15) is 12.5 Å². The predicted molar refractivity (Wildman–Crippen MR) is 71.3 cm³/mol. The van der Waals surface area contributed by atoms with Gasteiger partial charge in [0.2, 0.25) is 0 Å². The first-order valence-corrected chi connectivity index (χ1v) is 6.51. The lowest BCUT2D eigenvalue weighted by molar-refractivity contribution is 0.154. The second kappa shape index (κ2) is 7.09. The molecule has 1 heterocycles. The zero-order valence-corrected chi connectivity index (χ0v) is 11.9. The standard InChI is InChI=1S/C11H16BrClN2O/c1-3-16-5-4-15(2)11-9(7-13)6-10(12)8-14-11/h6,8H,3-5,7H2,1-2H3. The summed E-state index contributed by atoms with van der Waals surface area (Å²) in [7, 11) is 1.99. The third-order valence-electron chi connectivity index (χ3n) is 2.19. The van der Waals surface area contributed by atoms with Crippen LogP contribution >= 0.6 is 27.5 Å². The van der Waals surface area contributed by atoms with E-state index in [2.05, 4.69) is 25.8 Å². The fraction of sp³-hybridized carbons (Fsp3) is 0.545. The van der Waals surface area contributed by atoms with E-state index in [0.29, 0.717) is 12.5 Å². The normalized spacial score (nSPS) is 10.5. The number of anilines is 1. The highest BCUT2D eigenvalue weighted by Gasteiger charge is 2.08. The molecule has 1 aromatic heterocycles. The van der Waals surface area contributed by atoms with Crippen molar-refractivity contribution in [3.05, 3.63) is 22.3 Å². The Morgan fingerprint density at radius 3 is 2.94 bits per heavy atom. The molecule has 0 radical (unpaired) electrons. The molecule has 0 saturated carbocycles. The van der Waals surface area contributed by atoms with Crippen LogP contribution in [0.4, 0.5) is 5.82 Å². The van der Waals surface area contributed by atoms with Gasteiger partial charge in [-0.3, -0.25) is 0 Å². The number of halogens is 2. The SMILES string of the molecule is CCOCCN(C)c1ncc(Br)cc1CCl. The second-order valence-corrected chi connectivity index (χ2v) is 4.57. The van der Waals surface area contributed by atoms with E-state index in [1.807, 2.05) is 20.0 Å². The predicted octanol–water partition coefficient (Wildman–Crippen LogP) is 3.06. The zero-order valence-electron chi connectivity index (χ0n) is 9.54. The molecule has 90 valence electrons. The summed E-state index contributed by atoms with van der Waals surface area (Å²) >= 11 is 9.28. The summed E-state index contributed by atoms with van der Waals surface area (Å²) in [5, 5.41) is 0. The Balaban J connectivity index is 2.70. The number of nitrogens with zero attached hydrogens (tertiary/aromatic N) is 2. The van der Waals surface area contributed by atoms with Crippen molar-refractivity contribution in [3.8, 4) is 0 Å². The Bertz CT molecular complexity index is 336. The highest BCUT2D eigenvalue weighted by molar-refractivity contribution is 9.10. The average Bonchev–Trinajstić information content (AvgIpc) is 2.29. The Morgan fingerprint density at radius 2 is 2.31 bits per heavy atom. The third kappa shape index (κ3) is 3.92. The van der Waals surface area contributed by atoms with Gasteiger partial charge < -0.3 is 9.64 Å². The average molecular weight is 308 g/mol.